The van der Waals surface area contributed by atoms with Crippen molar-refractivity contribution in [2.75, 3.05) is 39.3 Å². The lowest BCUT2D eigenvalue weighted by molar-refractivity contribution is -0.0581. The van der Waals surface area contributed by atoms with Crippen LogP contribution >= 0.6 is 0 Å². The van der Waals surface area contributed by atoms with Crippen molar-refractivity contribution in [2.45, 2.75) is 32.5 Å². The van der Waals surface area contributed by atoms with Crippen LogP contribution < -0.4 is 0 Å². The monoisotopic (exact) mass is 320 g/mol. The highest BCUT2D eigenvalue weighted by atomic mass is 16.5. The molecule has 1 aliphatic rings. The van der Waals surface area contributed by atoms with E-state index in [1.807, 2.05) is 56.0 Å². The highest BCUT2D eigenvalue weighted by molar-refractivity contribution is 5.94. The van der Waals surface area contributed by atoms with Crippen molar-refractivity contribution in [3.05, 3.63) is 35.9 Å². The van der Waals surface area contributed by atoms with E-state index < -0.39 is 6.10 Å². The van der Waals surface area contributed by atoms with E-state index in [2.05, 4.69) is 4.90 Å². The highest BCUT2D eigenvalue weighted by Crippen LogP contribution is 2.11. The minimum Gasteiger partial charge on any atom is -0.389 e. The number of hydrogen-bond donors (Lipinski definition) is 1. The van der Waals surface area contributed by atoms with Gasteiger partial charge in [0.15, 0.2) is 0 Å². The molecule has 128 valence electrons. The lowest BCUT2D eigenvalue weighted by Gasteiger charge is -2.36. The van der Waals surface area contributed by atoms with E-state index in [0.717, 1.165) is 18.7 Å². The molecule has 2 rings (SSSR count). The van der Waals surface area contributed by atoms with Crippen molar-refractivity contribution < 1.29 is 14.6 Å². The molecule has 5 heteroatoms. The molecule has 5 nitrogen and oxygen atoms in total. The molecule has 0 bridgehead atoms. The van der Waals surface area contributed by atoms with Crippen LogP contribution in [0.2, 0.25) is 0 Å². The van der Waals surface area contributed by atoms with Crippen molar-refractivity contribution in [2.24, 2.45) is 0 Å². The average Bonchev–Trinajstić information content (AvgIpc) is 2.53. The van der Waals surface area contributed by atoms with Crippen LogP contribution in [0.3, 0.4) is 0 Å². The van der Waals surface area contributed by atoms with Gasteiger partial charge >= 0.3 is 0 Å². The highest BCUT2D eigenvalue weighted by Gasteiger charge is 2.23. The second-order valence-corrected chi connectivity index (χ2v) is 7.04. The molecule has 1 saturated heterocycles. The molecule has 0 aromatic heterocycles. The van der Waals surface area contributed by atoms with Crippen LogP contribution in [0.25, 0.3) is 0 Å². The fourth-order valence-corrected chi connectivity index (χ4v) is 2.59. The van der Waals surface area contributed by atoms with Gasteiger partial charge in [-0.15, -0.1) is 0 Å². The minimum absolute atomic E-state index is 0.0851. The number of carbonyl (C=O) groups is 1. The Morgan fingerprint density at radius 2 is 1.78 bits per heavy atom. The Kier molecular flexibility index (Phi) is 6.16. The molecule has 1 aromatic carbocycles. The molecule has 1 atom stereocenters. The van der Waals surface area contributed by atoms with Crippen LogP contribution in [0.5, 0.6) is 0 Å². The van der Waals surface area contributed by atoms with Gasteiger partial charge in [0.25, 0.3) is 5.91 Å². The molecule has 0 radical (unpaired) electrons. The van der Waals surface area contributed by atoms with E-state index >= 15 is 0 Å². The second-order valence-electron chi connectivity index (χ2n) is 7.04. The maximum atomic E-state index is 12.4. The number of rotatable bonds is 5. The molecule has 0 saturated carbocycles. The summed E-state index contributed by atoms with van der Waals surface area (Å²) in [5.74, 6) is 0.0851. The Balaban J connectivity index is 1.74. The number of nitrogens with zero attached hydrogens (tertiary/aromatic N) is 2. The lowest BCUT2D eigenvalue weighted by Crippen LogP contribution is -2.51. The summed E-state index contributed by atoms with van der Waals surface area (Å²) in [7, 11) is 0. The molecule has 1 amide bonds. The maximum absolute atomic E-state index is 12.4. The SMILES string of the molecule is CC(C)(C)OC[C@@H](O)CN1CCN(C(=O)c2ccccc2)CC1. The van der Waals surface area contributed by atoms with Crippen LogP contribution in [0.15, 0.2) is 30.3 Å². The molecule has 1 N–H and O–H groups in total. The number of benzene rings is 1. The number of aliphatic hydroxyl groups excluding tert-OH is 1. The average molecular weight is 320 g/mol. The van der Waals surface area contributed by atoms with Gasteiger partial charge in [-0.25, -0.2) is 0 Å². The Labute approximate surface area is 138 Å². The number of ether oxygens (including phenoxy) is 1. The Morgan fingerprint density at radius 1 is 1.17 bits per heavy atom. The van der Waals surface area contributed by atoms with Crippen LogP contribution in [0.4, 0.5) is 0 Å². The van der Waals surface area contributed by atoms with E-state index in [-0.39, 0.29) is 11.5 Å². The third-order valence-electron chi connectivity index (χ3n) is 3.86. The summed E-state index contributed by atoms with van der Waals surface area (Å²) in [5, 5.41) is 10.1. The molecular formula is C18H28N2O3. The summed E-state index contributed by atoms with van der Waals surface area (Å²) in [6, 6.07) is 9.38. The van der Waals surface area contributed by atoms with Gasteiger partial charge < -0.3 is 14.7 Å². The molecule has 0 spiro atoms. The largest absolute Gasteiger partial charge is 0.389 e. The molecule has 1 fully saturated rings. The lowest BCUT2D eigenvalue weighted by atomic mass is 10.1. The predicted octanol–water partition coefficient (Wildman–Crippen LogP) is 1.62. The summed E-state index contributed by atoms with van der Waals surface area (Å²) in [4.78, 5) is 16.4. The van der Waals surface area contributed by atoms with Crippen molar-refractivity contribution in [3.8, 4) is 0 Å². The van der Waals surface area contributed by atoms with E-state index in [9.17, 15) is 9.90 Å². The van der Waals surface area contributed by atoms with Crippen molar-refractivity contribution in [3.63, 3.8) is 0 Å². The fourth-order valence-electron chi connectivity index (χ4n) is 2.59. The number of β-amino-alcohol motifs (C(OH)–C–C–N with tert-alkyl or cyclic N) is 1. The zero-order chi connectivity index (χ0) is 16.9. The van der Waals surface area contributed by atoms with Crippen LogP contribution in [0.1, 0.15) is 31.1 Å². The van der Waals surface area contributed by atoms with Gasteiger partial charge in [-0.3, -0.25) is 9.69 Å². The molecule has 1 aliphatic heterocycles. The van der Waals surface area contributed by atoms with Gasteiger partial charge in [-0.2, -0.15) is 0 Å². The first-order valence-electron chi connectivity index (χ1n) is 8.24. The van der Waals surface area contributed by atoms with Gasteiger partial charge in [-0.1, -0.05) is 18.2 Å². The standard InChI is InChI=1S/C18H28N2O3/c1-18(2,3)23-14-16(21)13-19-9-11-20(12-10-19)17(22)15-7-5-4-6-8-15/h4-8,16,21H,9-14H2,1-3H3/t16-/m0/s1. The number of aliphatic hydroxyl groups is 1. The van der Waals surface area contributed by atoms with E-state index in [1.54, 1.807) is 0 Å². The second kappa shape index (κ2) is 7.90. The predicted molar refractivity (Wildman–Crippen MR) is 90.5 cm³/mol. The van der Waals surface area contributed by atoms with Crippen molar-refractivity contribution in [1.82, 2.24) is 9.80 Å². The summed E-state index contributed by atoms with van der Waals surface area (Å²) in [6.07, 6.45) is -0.495. The summed E-state index contributed by atoms with van der Waals surface area (Å²) in [6.45, 7) is 9.82. The van der Waals surface area contributed by atoms with Crippen LogP contribution in [-0.4, -0.2) is 71.8 Å². The first-order valence-corrected chi connectivity index (χ1v) is 8.24. The van der Waals surface area contributed by atoms with Gasteiger partial charge in [0.1, 0.15) is 0 Å². The fraction of sp³-hybridized carbons (Fsp3) is 0.611. The normalized spacial score (nSPS) is 18.0. The first kappa shape index (κ1) is 17.9. The van der Waals surface area contributed by atoms with E-state index in [0.29, 0.717) is 26.2 Å². The quantitative estimate of drug-likeness (QED) is 0.896. The molecule has 0 aliphatic carbocycles. The van der Waals surface area contributed by atoms with E-state index in [1.165, 1.54) is 0 Å². The number of amides is 1. The van der Waals surface area contributed by atoms with Crippen LogP contribution in [-0.2, 0) is 4.74 Å². The number of carbonyl (C=O) groups excluding carboxylic acids is 1. The summed E-state index contributed by atoms with van der Waals surface area (Å²) < 4.78 is 5.61. The van der Waals surface area contributed by atoms with Gasteiger partial charge in [0, 0.05) is 38.3 Å². The molecular weight excluding hydrogens is 292 g/mol. The van der Waals surface area contributed by atoms with Crippen molar-refractivity contribution >= 4 is 5.91 Å². The van der Waals surface area contributed by atoms with Crippen LogP contribution in [0, 0.1) is 0 Å². The first-order chi connectivity index (χ1) is 10.8. The summed E-state index contributed by atoms with van der Waals surface area (Å²) >= 11 is 0. The van der Waals surface area contributed by atoms with E-state index in [4.69, 9.17) is 4.74 Å². The Morgan fingerprint density at radius 3 is 2.35 bits per heavy atom. The maximum Gasteiger partial charge on any atom is 0.253 e. The Hall–Kier alpha value is -1.43. The minimum atomic E-state index is -0.495. The number of piperazine rings is 1. The van der Waals surface area contributed by atoms with Gasteiger partial charge in [0.05, 0.1) is 18.3 Å². The van der Waals surface area contributed by atoms with Gasteiger partial charge in [-0.05, 0) is 32.9 Å². The molecule has 1 aromatic rings. The summed E-state index contributed by atoms with van der Waals surface area (Å²) in [5.41, 5.74) is 0.501. The third-order valence-corrected chi connectivity index (χ3v) is 3.86. The Bertz CT molecular complexity index is 491. The molecule has 1 heterocycles. The zero-order valence-corrected chi connectivity index (χ0v) is 14.4. The molecule has 0 unspecified atom stereocenters. The van der Waals surface area contributed by atoms with Gasteiger partial charge in [0.2, 0.25) is 0 Å². The topological polar surface area (TPSA) is 53.0 Å². The third kappa shape index (κ3) is 5.94. The van der Waals surface area contributed by atoms with Crippen molar-refractivity contribution in [1.29, 1.82) is 0 Å². The molecule has 23 heavy (non-hydrogen) atoms. The zero-order valence-electron chi connectivity index (χ0n) is 14.4. The smallest absolute Gasteiger partial charge is 0.253 e. The number of hydrogen-bond acceptors (Lipinski definition) is 4.